The van der Waals surface area contributed by atoms with Crippen LogP contribution in [0.25, 0.3) is 0 Å². The molecule has 2 amide bonds. The van der Waals surface area contributed by atoms with Crippen LogP contribution in [-0.4, -0.2) is 11.8 Å². The number of rotatable bonds is 5. The maximum Gasteiger partial charge on any atom is 0.226 e. The zero-order valence-corrected chi connectivity index (χ0v) is 13.2. The molecule has 120 valence electrons. The summed E-state index contributed by atoms with van der Waals surface area (Å²) in [6.07, 6.45) is -0.00827. The molecule has 0 fully saturated rings. The summed E-state index contributed by atoms with van der Waals surface area (Å²) < 4.78 is 13.7. The lowest BCUT2D eigenvalue weighted by Crippen LogP contribution is -2.29. The van der Waals surface area contributed by atoms with E-state index in [0.29, 0.717) is 0 Å². The van der Waals surface area contributed by atoms with Gasteiger partial charge >= 0.3 is 0 Å². The summed E-state index contributed by atoms with van der Waals surface area (Å²) in [5, 5.41) is 5.46. The number of carbonyl (C=O) groups is 2. The van der Waals surface area contributed by atoms with Crippen molar-refractivity contribution in [1.29, 1.82) is 0 Å². The molecule has 4 nitrogen and oxygen atoms in total. The first-order valence-electron chi connectivity index (χ1n) is 7.02. The third-order valence-electron chi connectivity index (χ3n) is 3.17. The molecule has 0 radical (unpaired) electrons. The Morgan fingerprint density at radius 2 is 1.87 bits per heavy atom. The van der Waals surface area contributed by atoms with Crippen LogP contribution in [0.15, 0.2) is 48.5 Å². The molecule has 0 aromatic heterocycles. The van der Waals surface area contributed by atoms with Gasteiger partial charge in [-0.15, -0.1) is 0 Å². The fourth-order valence-electron chi connectivity index (χ4n) is 2.16. The van der Waals surface area contributed by atoms with Gasteiger partial charge in [-0.3, -0.25) is 9.59 Å². The number of hydrogen-bond donors (Lipinski definition) is 2. The lowest BCUT2D eigenvalue weighted by molar-refractivity contribution is -0.120. The lowest BCUT2D eigenvalue weighted by atomic mass is 10.0. The summed E-state index contributed by atoms with van der Waals surface area (Å²) in [4.78, 5) is 23.5. The summed E-state index contributed by atoms with van der Waals surface area (Å²) in [6, 6.07) is 12.6. The van der Waals surface area contributed by atoms with Gasteiger partial charge in [-0.05, 0) is 23.8 Å². The third kappa shape index (κ3) is 5.07. The van der Waals surface area contributed by atoms with Crippen molar-refractivity contribution >= 4 is 29.1 Å². The molecule has 0 aliphatic heterocycles. The quantitative estimate of drug-likeness (QED) is 0.876. The number of nitrogens with one attached hydrogen (secondary N) is 2. The van der Waals surface area contributed by atoms with Crippen molar-refractivity contribution in [3.05, 3.63) is 64.9 Å². The van der Waals surface area contributed by atoms with Crippen LogP contribution in [0, 0.1) is 5.82 Å². The van der Waals surface area contributed by atoms with Crippen molar-refractivity contribution in [1.82, 2.24) is 5.32 Å². The summed E-state index contributed by atoms with van der Waals surface area (Å²) >= 11 is 5.67. The highest BCUT2D eigenvalue weighted by atomic mass is 35.5. The van der Waals surface area contributed by atoms with E-state index < -0.39 is 17.8 Å². The number of anilines is 1. The van der Waals surface area contributed by atoms with Crippen LogP contribution in [0.3, 0.4) is 0 Å². The van der Waals surface area contributed by atoms with E-state index in [1.165, 1.54) is 19.1 Å². The molecule has 23 heavy (non-hydrogen) atoms. The smallest absolute Gasteiger partial charge is 0.226 e. The molecule has 0 saturated carbocycles. The molecular formula is C17H16ClFN2O2. The molecule has 2 aromatic rings. The van der Waals surface area contributed by atoms with E-state index in [-0.39, 0.29) is 23.0 Å². The van der Waals surface area contributed by atoms with E-state index in [0.717, 1.165) is 11.6 Å². The average Bonchev–Trinajstić information content (AvgIpc) is 2.50. The maximum atomic E-state index is 13.7. The normalized spacial score (nSPS) is 11.6. The van der Waals surface area contributed by atoms with Gasteiger partial charge in [-0.2, -0.15) is 0 Å². The van der Waals surface area contributed by atoms with Gasteiger partial charge in [-0.25, -0.2) is 4.39 Å². The average molecular weight is 335 g/mol. The molecule has 0 bridgehead atoms. The number of carbonyl (C=O) groups excluding carboxylic acids is 2. The van der Waals surface area contributed by atoms with E-state index in [1.807, 2.05) is 30.3 Å². The molecule has 0 heterocycles. The first-order valence-corrected chi connectivity index (χ1v) is 7.40. The minimum Gasteiger partial charge on any atom is -0.349 e. The Morgan fingerprint density at radius 1 is 1.17 bits per heavy atom. The van der Waals surface area contributed by atoms with E-state index in [4.69, 9.17) is 11.6 Å². The molecule has 2 N–H and O–H groups in total. The van der Waals surface area contributed by atoms with Crippen molar-refractivity contribution < 1.29 is 14.0 Å². The van der Waals surface area contributed by atoms with Crippen molar-refractivity contribution in [2.75, 3.05) is 5.32 Å². The van der Waals surface area contributed by atoms with Gasteiger partial charge in [0.05, 0.1) is 18.2 Å². The number of halogens is 2. The monoisotopic (exact) mass is 334 g/mol. The predicted molar refractivity (Wildman–Crippen MR) is 87.7 cm³/mol. The largest absolute Gasteiger partial charge is 0.349 e. The molecule has 0 spiro atoms. The molecule has 0 saturated heterocycles. The molecule has 2 rings (SSSR count). The number of benzene rings is 2. The number of amides is 2. The van der Waals surface area contributed by atoms with Crippen molar-refractivity contribution in [2.45, 2.75) is 19.4 Å². The van der Waals surface area contributed by atoms with Crippen molar-refractivity contribution in [3.8, 4) is 0 Å². The Morgan fingerprint density at radius 3 is 2.48 bits per heavy atom. The topological polar surface area (TPSA) is 58.2 Å². The van der Waals surface area contributed by atoms with Crippen LogP contribution in [0.4, 0.5) is 10.1 Å². The van der Waals surface area contributed by atoms with Gasteiger partial charge in [0.1, 0.15) is 5.82 Å². The summed E-state index contributed by atoms with van der Waals surface area (Å²) in [7, 11) is 0. The first kappa shape index (κ1) is 17.0. The lowest BCUT2D eigenvalue weighted by Gasteiger charge is -2.18. The minimum atomic E-state index is -0.610. The number of hydrogen-bond acceptors (Lipinski definition) is 2. The Labute approximate surface area is 138 Å². The Hall–Kier alpha value is -2.40. The zero-order chi connectivity index (χ0) is 16.8. The summed E-state index contributed by atoms with van der Waals surface area (Å²) in [5.41, 5.74) is 0.850. The fourth-order valence-corrected chi connectivity index (χ4v) is 2.32. The van der Waals surface area contributed by atoms with E-state index in [9.17, 15) is 14.0 Å². The molecule has 0 aliphatic rings. The Kier molecular flexibility index (Phi) is 5.71. The second-order valence-electron chi connectivity index (χ2n) is 5.04. The molecular weight excluding hydrogens is 319 g/mol. The minimum absolute atomic E-state index is 0.00827. The van der Waals surface area contributed by atoms with Crippen LogP contribution in [0.2, 0.25) is 5.02 Å². The van der Waals surface area contributed by atoms with Gasteiger partial charge in [0.2, 0.25) is 11.8 Å². The zero-order valence-electron chi connectivity index (χ0n) is 12.5. The molecule has 6 heteroatoms. The molecule has 1 atom stereocenters. The fraction of sp³-hybridized carbons (Fsp3) is 0.176. The molecule has 0 unspecified atom stereocenters. The van der Waals surface area contributed by atoms with Crippen molar-refractivity contribution in [2.24, 2.45) is 0 Å². The van der Waals surface area contributed by atoms with E-state index in [1.54, 1.807) is 0 Å². The summed E-state index contributed by atoms with van der Waals surface area (Å²) in [6.45, 7) is 1.38. The van der Waals surface area contributed by atoms with Gasteiger partial charge in [0.15, 0.2) is 0 Å². The van der Waals surface area contributed by atoms with Crippen LogP contribution in [0.1, 0.15) is 24.9 Å². The second-order valence-corrected chi connectivity index (χ2v) is 5.48. The highest BCUT2D eigenvalue weighted by Gasteiger charge is 2.17. The molecule has 0 aliphatic carbocycles. The van der Waals surface area contributed by atoms with E-state index in [2.05, 4.69) is 10.6 Å². The third-order valence-corrected chi connectivity index (χ3v) is 3.41. The van der Waals surface area contributed by atoms with Crippen LogP contribution in [0.5, 0.6) is 0 Å². The molecule has 2 aromatic carbocycles. The van der Waals surface area contributed by atoms with E-state index >= 15 is 0 Å². The summed E-state index contributed by atoms with van der Waals surface area (Å²) in [5.74, 6) is -1.26. The van der Waals surface area contributed by atoms with Gasteiger partial charge in [0.25, 0.3) is 0 Å². The maximum absolute atomic E-state index is 13.7. The van der Waals surface area contributed by atoms with Crippen LogP contribution >= 0.6 is 11.6 Å². The SMILES string of the molecule is CC(=O)N[C@H](CC(=O)Nc1ccc(Cl)cc1F)c1ccccc1. The highest BCUT2D eigenvalue weighted by molar-refractivity contribution is 6.30. The standard InChI is InChI=1S/C17H16ClFN2O2/c1-11(22)20-16(12-5-3-2-4-6-12)10-17(23)21-15-8-7-13(18)9-14(15)19/h2-9,16H,10H2,1H3,(H,20,22)(H,21,23)/t16-/m1/s1. The van der Waals surface area contributed by atoms with Crippen LogP contribution in [-0.2, 0) is 9.59 Å². The van der Waals surface area contributed by atoms with Crippen LogP contribution < -0.4 is 10.6 Å². The second kappa shape index (κ2) is 7.74. The van der Waals surface area contributed by atoms with Gasteiger partial charge < -0.3 is 10.6 Å². The Bertz CT molecular complexity index is 707. The first-order chi connectivity index (χ1) is 11.0. The van der Waals surface area contributed by atoms with Gasteiger partial charge in [-0.1, -0.05) is 41.9 Å². The Balaban J connectivity index is 2.09. The predicted octanol–water partition coefficient (Wildman–Crippen LogP) is 3.69. The van der Waals surface area contributed by atoms with Crippen molar-refractivity contribution in [3.63, 3.8) is 0 Å². The highest BCUT2D eigenvalue weighted by Crippen LogP contribution is 2.21. The van der Waals surface area contributed by atoms with Gasteiger partial charge in [0, 0.05) is 11.9 Å².